The summed E-state index contributed by atoms with van der Waals surface area (Å²) in [5.41, 5.74) is 3.34. The van der Waals surface area contributed by atoms with Gasteiger partial charge >= 0.3 is 0 Å². The summed E-state index contributed by atoms with van der Waals surface area (Å²) in [6.07, 6.45) is 0. The third kappa shape index (κ3) is 3.97. The highest BCUT2D eigenvalue weighted by molar-refractivity contribution is 6.30. The number of aryl methyl sites for hydroxylation is 1. The van der Waals surface area contributed by atoms with Gasteiger partial charge in [0.1, 0.15) is 17.1 Å². The lowest BCUT2D eigenvalue weighted by molar-refractivity contribution is 0.312. The van der Waals surface area contributed by atoms with Crippen molar-refractivity contribution in [1.82, 2.24) is 4.90 Å². The maximum Gasteiger partial charge on any atom is 0.200 e. The molecule has 5 heteroatoms. The number of fused-ring (bicyclic) bond motifs is 1. The molecule has 30 heavy (non-hydrogen) atoms. The Morgan fingerprint density at radius 1 is 0.967 bits per heavy atom. The van der Waals surface area contributed by atoms with E-state index in [9.17, 15) is 9.90 Å². The monoisotopic (exact) mass is 419 g/mol. The zero-order chi connectivity index (χ0) is 21.3. The van der Waals surface area contributed by atoms with Crippen molar-refractivity contribution < 1.29 is 9.52 Å². The Kier molecular flexibility index (Phi) is 5.62. The van der Waals surface area contributed by atoms with Crippen LogP contribution in [0.4, 0.5) is 0 Å². The minimum Gasteiger partial charge on any atom is -0.507 e. The quantitative estimate of drug-likeness (QED) is 0.447. The van der Waals surface area contributed by atoms with Crippen molar-refractivity contribution in [2.45, 2.75) is 20.0 Å². The molecule has 1 aromatic heterocycles. The Bertz CT molecular complexity index is 1250. The van der Waals surface area contributed by atoms with Crippen LogP contribution in [0.2, 0.25) is 5.02 Å². The van der Waals surface area contributed by atoms with Gasteiger partial charge in [-0.3, -0.25) is 9.69 Å². The second kappa shape index (κ2) is 8.34. The Labute approximate surface area is 180 Å². The first-order valence-electron chi connectivity index (χ1n) is 9.70. The predicted molar refractivity (Wildman–Crippen MR) is 121 cm³/mol. The highest BCUT2D eigenvalue weighted by atomic mass is 35.5. The number of phenolic OH excluding ortho intramolecular Hbond substituents is 1. The second-order valence-electron chi connectivity index (χ2n) is 7.47. The van der Waals surface area contributed by atoms with Crippen molar-refractivity contribution in [3.63, 3.8) is 0 Å². The molecule has 0 aliphatic rings. The summed E-state index contributed by atoms with van der Waals surface area (Å²) in [6.45, 7) is 2.93. The van der Waals surface area contributed by atoms with Crippen molar-refractivity contribution >= 4 is 22.6 Å². The number of phenols is 1. The first-order valence-corrected chi connectivity index (χ1v) is 10.1. The van der Waals surface area contributed by atoms with E-state index in [2.05, 4.69) is 17.0 Å². The summed E-state index contributed by atoms with van der Waals surface area (Å²) < 4.78 is 6.10. The SMILES string of the molecule is Cc1oc2c(CN(C)Cc3ccccc3)c(O)ccc2c(=O)c1-c1ccc(Cl)cc1. The van der Waals surface area contributed by atoms with Gasteiger partial charge in [0, 0.05) is 18.1 Å². The lowest BCUT2D eigenvalue weighted by Gasteiger charge is -2.19. The van der Waals surface area contributed by atoms with Crippen molar-refractivity contribution in [3.05, 3.63) is 98.9 Å². The molecule has 0 spiro atoms. The van der Waals surface area contributed by atoms with E-state index in [4.69, 9.17) is 16.0 Å². The molecule has 0 aliphatic carbocycles. The summed E-state index contributed by atoms with van der Waals surface area (Å²) in [5.74, 6) is 0.622. The molecule has 0 unspecified atom stereocenters. The molecule has 4 aromatic rings. The molecule has 3 aromatic carbocycles. The predicted octanol–water partition coefficient (Wildman–Crippen LogP) is 5.76. The molecule has 152 valence electrons. The molecule has 0 atom stereocenters. The molecule has 0 amide bonds. The number of hydrogen-bond acceptors (Lipinski definition) is 4. The smallest absolute Gasteiger partial charge is 0.200 e. The topological polar surface area (TPSA) is 53.7 Å². The minimum absolute atomic E-state index is 0.115. The molecule has 0 saturated heterocycles. The van der Waals surface area contributed by atoms with Crippen molar-refractivity contribution in [3.8, 4) is 16.9 Å². The van der Waals surface area contributed by atoms with E-state index in [0.29, 0.717) is 46.0 Å². The summed E-state index contributed by atoms with van der Waals surface area (Å²) in [4.78, 5) is 15.4. The maximum absolute atomic E-state index is 13.3. The van der Waals surface area contributed by atoms with Gasteiger partial charge in [0.2, 0.25) is 5.43 Å². The minimum atomic E-state index is -0.122. The Balaban J connectivity index is 1.77. The summed E-state index contributed by atoms with van der Waals surface area (Å²) in [5, 5.41) is 11.6. The average Bonchev–Trinajstić information content (AvgIpc) is 2.72. The lowest BCUT2D eigenvalue weighted by atomic mass is 10.0. The highest BCUT2D eigenvalue weighted by Crippen LogP contribution is 2.31. The van der Waals surface area contributed by atoms with Crippen LogP contribution in [0.1, 0.15) is 16.9 Å². The van der Waals surface area contributed by atoms with Gasteiger partial charge < -0.3 is 9.52 Å². The van der Waals surface area contributed by atoms with E-state index in [0.717, 1.165) is 5.56 Å². The van der Waals surface area contributed by atoms with Gasteiger partial charge in [-0.2, -0.15) is 0 Å². The molecular weight excluding hydrogens is 398 g/mol. The van der Waals surface area contributed by atoms with E-state index in [1.165, 1.54) is 5.56 Å². The van der Waals surface area contributed by atoms with E-state index in [1.54, 1.807) is 31.2 Å². The highest BCUT2D eigenvalue weighted by Gasteiger charge is 2.19. The number of hydrogen-bond donors (Lipinski definition) is 1. The molecule has 0 bridgehead atoms. The average molecular weight is 420 g/mol. The largest absolute Gasteiger partial charge is 0.507 e. The van der Waals surface area contributed by atoms with Gasteiger partial charge in [-0.1, -0.05) is 54.1 Å². The Morgan fingerprint density at radius 2 is 1.67 bits per heavy atom. The van der Waals surface area contributed by atoms with Crippen molar-refractivity contribution in [1.29, 1.82) is 0 Å². The Morgan fingerprint density at radius 3 is 2.37 bits per heavy atom. The van der Waals surface area contributed by atoms with E-state index in [1.807, 2.05) is 37.4 Å². The number of benzene rings is 3. The van der Waals surface area contributed by atoms with Crippen LogP contribution in [-0.4, -0.2) is 17.1 Å². The van der Waals surface area contributed by atoms with Crippen LogP contribution in [0.3, 0.4) is 0 Å². The fraction of sp³-hybridized carbons (Fsp3) is 0.160. The van der Waals surface area contributed by atoms with E-state index < -0.39 is 0 Å². The first kappa shape index (κ1) is 20.2. The van der Waals surface area contributed by atoms with Crippen LogP contribution in [-0.2, 0) is 13.1 Å². The lowest BCUT2D eigenvalue weighted by Crippen LogP contribution is -2.18. The third-order valence-corrected chi connectivity index (χ3v) is 5.42. The molecule has 0 radical (unpaired) electrons. The molecular formula is C25H22ClNO3. The molecule has 0 aliphatic heterocycles. The number of halogens is 1. The standard InChI is InChI=1S/C25H22ClNO3/c1-16-23(18-8-10-19(26)11-9-18)24(29)20-12-13-22(28)21(25(20)30-16)15-27(2)14-17-6-4-3-5-7-17/h3-13,28H,14-15H2,1-2H3. The Hall–Kier alpha value is -3.08. The summed E-state index contributed by atoms with van der Waals surface area (Å²) in [7, 11) is 1.97. The van der Waals surface area contributed by atoms with Crippen LogP contribution in [0.5, 0.6) is 5.75 Å². The molecule has 4 nitrogen and oxygen atoms in total. The van der Waals surface area contributed by atoms with Gasteiger partial charge in [0.15, 0.2) is 0 Å². The van der Waals surface area contributed by atoms with Gasteiger partial charge in [-0.15, -0.1) is 0 Å². The van der Waals surface area contributed by atoms with Gasteiger partial charge in [-0.05, 0) is 49.4 Å². The summed E-state index contributed by atoms with van der Waals surface area (Å²) >= 11 is 5.98. The number of aromatic hydroxyl groups is 1. The van der Waals surface area contributed by atoms with Crippen LogP contribution < -0.4 is 5.43 Å². The molecule has 0 fully saturated rings. The van der Waals surface area contributed by atoms with Gasteiger partial charge in [0.25, 0.3) is 0 Å². The zero-order valence-electron chi connectivity index (χ0n) is 16.9. The number of nitrogens with zero attached hydrogens (tertiary/aromatic N) is 1. The first-order chi connectivity index (χ1) is 14.4. The van der Waals surface area contributed by atoms with E-state index >= 15 is 0 Å². The molecule has 0 saturated carbocycles. The van der Waals surface area contributed by atoms with Crippen LogP contribution in [0.25, 0.3) is 22.1 Å². The van der Waals surface area contributed by atoms with Crippen LogP contribution in [0, 0.1) is 6.92 Å². The zero-order valence-corrected chi connectivity index (χ0v) is 17.6. The number of rotatable bonds is 5. The normalized spacial score (nSPS) is 11.3. The summed E-state index contributed by atoms with van der Waals surface area (Å²) in [6, 6.07) is 20.4. The fourth-order valence-electron chi connectivity index (χ4n) is 3.74. The maximum atomic E-state index is 13.3. The third-order valence-electron chi connectivity index (χ3n) is 5.17. The molecule has 1 heterocycles. The van der Waals surface area contributed by atoms with E-state index in [-0.39, 0.29) is 11.2 Å². The van der Waals surface area contributed by atoms with Gasteiger partial charge in [0.05, 0.1) is 16.5 Å². The molecule has 4 rings (SSSR count). The van der Waals surface area contributed by atoms with Crippen LogP contribution in [0.15, 0.2) is 75.9 Å². The second-order valence-corrected chi connectivity index (χ2v) is 7.90. The van der Waals surface area contributed by atoms with Crippen LogP contribution >= 0.6 is 11.6 Å². The van der Waals surface area contributed by atoms with Gasteiger partial charge in [-0.25, -0.2) is 0 Å². The van der Waals surface area contributed by atoms with Crippen molar-refractivity contribution in [2.24, 2.45) is 0 Å². The van der Waals surface area contributed by atoms with Crippen molar-refractivity contribution in [2.75, 3.05) is 7.05 Å². The molecule has 1 N–H and O–H groups in total. The fourth-order valence-corrected chi connectivity index (χ4v) is 3.86.